The number of carboxylic acids is 1. The highest BCUT2D eigenvalue weighted by Gasteiger charge is 2.27. The van der Waals surface area contributed by atoms with Gasteiger partial charge in [-0.3, -0.25) is 4.79 Å². The molecule has 0 aliphatic carbocycles. The van der Waals surface area contributed by atoms with Crippen molar-refractivity contribution in [3.63, 3.8) is 0 Å². The first-order valence-corrected chi connectivity index (χ1v) is 17.1. The predicted molar refractivity (Wildman–Crippen MR) is 190 cm³/mol. The molecule has 5 aromatic carbocycles. The molecule has 0 fully saturated rings. The van der Waals surface area contributed by atoms with Gasteiger partial charge in [0.15, 0.2) is 0 Å². The first-order valence-electron chi connectivity index (χ1n) is 15.4. The molecule has 6 rings (SSSR count). The van der Waals surface area contributed by atoms with Gasteiger partial charge in [-0.1, -0.05) is 42.5 Å². The van der Waals surface area contributed by atoms with Crippen LogP contribution in [0.25, 0.3) is 27.6 Å². The topological polar surface area (TPSA) is 145 Å². The van der Waals surface area contributed by atoms with E-state index < -0.39 is 44.8 Å². The van der Waals surface area contributed by atoms with Crippen LogP contribution in [0.2, 0.25) is 0 Å². The number of amides is 1. The molecule has 11 nitrogen and oxygen atoms in total. The van der Waals surface area contributed by atoms with Crippen molar-refractivity contribution < 1.29 is 37.2 Å². The van der Waals surface area contributed by atoms with Crippen molar-refractivity contribution in [2.75, 3.05) is 18.9 Å². The summed E-state index contributed by atoms with van der Waals surface area (Å²) in [5.41, 5.74) is 1.44. The van der Waals surface area contributed by atoms with E-state index in [1.54, 1.807) is 62.8 Å². The van der Waals surface area contributed by atoms with Crippen LogP contribution in [0.3, 0.4) is 0 Å². The third-order valence-corrected chi connectivity index (χ3v) is 9.79. The van der Waals surface area contributed by atoms with Crippen LogP contribution in [-0.2, 0) is 20.9 Å². The monoisotopic (exact) mass is 711 g/mol. The highest BCUT2D eigenvalue weighted by atomic mass is 32.2. The van der Waals surface area contributed by atoms with E-state index in [2.05, 4.69) is 26.0 Å². The molecule has 0 saturated carbocycles. The minimum absolute atomic E-state index is 0.201. The third-order valence-electron chi connectivity index (χ3n) is 8.19. The minimum atomic E-state index is -3.30. The average Bonchev–Trinajstić information content (AvgIpc) is 3.66. The van der Waals surface area contributed by atoms with Crippen molar-refractivity contribution in [3.05, 3.63) is 126 Å². The number of hydrogen-bond acceptors (Lipinski definition) is 7. The summed E-state index contributed by atoms with van der Waals surface area (Å²) in [6, 6.07) is 22.6. The Morgan fingerprint density at radius 2 is 1.57 bits per heavy atom. The second-order valence-corrected chi connectivity index (χ2v) is 13.4. The summed E-state index contributed by atoms with van der Waals surface area (Å²) in [6.45, 7) is 0. The zero-order chi connectivity index (χ0) is 36.3. The molecule has 0 radical (unpaired) electrons. The lowest BCUT2D eigenvalue weighted by atomic mass is 9.91. The number of benzene rings is 5. The normalized spacial score (nSPS) is 12.9. The molecule has 6 aromatic rings. The van der Waals surface area contributed by atoms with Gasteiger partial charge < -0.3 is 24.6 Å². The van der Waals surface area contributed by atoms with E-state index in [1.807, 2.05) is 18.2 Å². The zero-order valence-electron chi connectivity index (χ0n) is 27.3. The number of carbonyl (C=O) groups is 2. The van der Waals surface area contributed by atoms with Crippen molar-refractivity contribution in [2.24, 2.45) is 0 Å². The highest BCUT2D eigenvalue weighted by Crippen LogP contribution is 2.42. The molecular weight excluding hydrogens is 680 g/mol. The molecule has 260 valence electrons. The molecule has 1 aromatic heterocycles. The number of carbonyl (C=O) groups excluding carboxylic acids is 1. The molecule has 0 spiro atoms. The van der Waals surface area contributed by atoms with Crippen LogP contribution in [0.15, 0.2) is 109 Å². The number of hydrogen-bond donors (Lipinski definition) is 3. The Morgan fingerprint density at radius 1 is 0.922 bits per heavy atom. The van der Waals surface area contributed by atoms with Gasteiger partial charge in [-0.05, 0) is 76.3 Å². The number of anilines is 1. The first-order chi connectivity index (χ1) is 24.5. The van der Waals surface area contributed by atoms with Crippen LogP contribution in [0.1, 0.15) is 15.9 Å². The summed E-state index contributed by atoms with van der Waals surface area (Å²) in [5, 5.41) is 17.8. The SMILES string of the molecule is C=S(=O)(Nc1cc(F)c(C(=O)N[C@@H](Cc2ccc(-c3c(OC)cccc3OC)c3ccccc23)C(=O)O)c(F)c1)c1ccc(-n2cncn2)cc1. The minimum Gasteiger partial charge on any atom is -0.496 e. The molecule has 0 saturated heterocycles. The fourth-order valence-corrected chi connectivity index (χ4v) is 6.98. The molecule has 0 bridgehead atoms. The van der Waals surface area contributed by atoms with Gasteiger partial charge in [0, 0.05) is 11.3 Å². The van der Waals surface area contributed by atoms with E-state index in [0.717, 1.165) is 23.1 Å². The van der Waals surface area contributed by atoms with E-state index in [4.69, 9.17) is 9.47 Å². The molecule has 1 unspecified atom stereocenters. The number of ether oxygens (including phenoxy) is 2. The Bertz CT molecular complexity index is 2320. The Balaban J connectivity index is 1.23. The maximum atomic E-state index is 15.3. The summed E-state index contributed by atoms with van der Waals surface area (Å²) < 4.78 is 59.3. The summed E-state index contributed by atoms with van der Waals surface area (Å²) in [5.74, 6) is -0.443. The second-order valence-electron chi connectivity index (χ2n) is 11.3. The molecule has 0 aliphatic rings. The van der Waals surface area contributed by atoms with Gasteiger partial charge in [-0.15, -0.1) is 0 Å². The summed E-state index contributed by atoms with van der Waals surface area (Å²) in [4.78, 5) is 29.7. The van der Waals surface area contributed by atoms with Crippen LogP contribution in [0, 0.1) is 11.6 Å². The van der Waals surface area contributed by atoms with E-state index >= 15 is 8.78 Å². The lowest BCUT2D eigenvalue weighted by Gasteiger charge is -2.19. The summed E-state index contributed by atoms with van der Waals surface area (Å²) in [6.07, 6.45) is 2.64. The van der Waals surface area contributed by atoms with Gasteiger partial charge in [0.25, 0.3) is 5.91 Å². The van der Waals surface area contributed by atoms with Crippen LogP contribution >= 0.6 is 0 Å². The molecule has 1 heterocycles. The fourth-order valence-electron chi connectivity index (χ4n) is 5.78. The molecule has 3 N–H and O–H groups in total. The van der Waals surface area contributed by atoms with Crippen LogP contribution < -0.4 is 19.5 Å². The maximum absolute atomic E-state index is 15.3. The smallest absolute Gasteiger partial charge is 0.326 e. The lowest BCUT2D eigenvalue weighted by molar-refractivity contribution is -0.139. The van der Waals surface area contributed by atoms with Gasteiger partial charge in [0.1, 0.15) is 47.4 Å². The largest absolute Gasteiger partial charge is 0.496 e. The Morgan fingerprint density at radius 3 is 2.16 bits per heavy atom. The van der Waals surface area contributed by atoms with Crippen LogP contribution in [-0.4, -0.2) is 62.1 Å². The van der Waals surface area contributed by atoms with Crippen LogP contribution in [0.4, 0.5) is 14.5 Å². The first kappa shape index (κ1) is 34.6. The molecule has 51 heavy (non-hydrogen) atoms. The zero-order valence-corrected chi connectivity index (χ0v) is 28.1. The van der Waals surface area contributed by atoms with Gasteiger partial charge in [0.05, 0.1) is 40.9 Å². The number of fused-ring (bicyclic) bond motifs is 1. The molecule has 2 atom stereocenters. The van der Waals surface area contributed by atoms with Gasteiger partial charge in [-0.2, -0.15) is 5.10 Å². The molecule has 14 heteroatoms. The Hall–Kier alpha value is -6.28. The van der Waals surface area contributed by atoms with E-state index in [0.29, 0.717) is 33.7 Å². The molecular formula is C37H31F2N5O6S. The fraction of sp³-hybridized carbons (Fsp3) is 0.108. The number of methoxy groups -OCH3 is 2. The Labute approximate surface area is 291 Å². The second kappa shape index (κ2) is 14.3. The maximum Gasteiger partial charge on any atom is 0.326 e. The van der Waals surface area contributed by atoms with Gasteiger partial charge in [0.2, 0.25) is 0 Å². The quantitative estimate of drug-likeness (QED) is 0.133. The van der Waals surface area contributed by atoms with Crippen molar-refractivity contribution >= 4 is 43.9 Å². The average molecular weight is 712 g/mol. The number of carboxylic acid groups (broad SMARTS) is 1. The number of nitrogens with one attached hydrogen (secondary N) is 2. The van der Waals surface area contributed by atoms with E-state index in [-0.39, 0.29) is 17.0 Å². The number of nitrogens with zero attached hydrogens (tertiary/aromatic N) is 3. The number of aromatic nitrogens is 3. The van der Waals surface area contributed by atoms with Crippen LogP contribution in [0.5, 0.6) is 11.5 Å². The van der Waals surface area contributed by atoms with E-state index in [1.165, 1.54) is 29.5 Å². The molecule has 1 amide bonds. The third kappa shape index (κ3) is 7.07. The van der Waals surface area contributed by atoms with Crippen molar-refractivity contribution in [1.29, 1.82) is 0 Å². The number of halogens is 2. The van der Waals surface area contributed by atoms with Gasteiger partial charge in [-0.25, -0.2) is 27.5 Å². The number of aliphatic carboxylic acids is 1. The van der Waals surface area contributed by atoms with Crippen molar-refractivity contribution in [2.45, 2.75) is 17.4 Å². The predicted octanol–water partition coefficient (Wildman–Crippen LogP) is 5.91. The number of rotatable bonds is 12. The van der Waals surface area contributed by atoms with Gasteiger partial charge >= 0.3 is 5.97 Å². The molecule has 0 aliphatic heterocycles. The summed E-state index contributed by atoms with van der Waals surface area (Å²) in [7, 11) is -0.203. The summed E-state index contributed by atoms with van der Waals surface area (Å²) >= 11 is 0. The standard InChI is InChI=1S/C37H31F2N5O6S/c1-49-32-9-6-10-33(50-2)34(32)28-16-11-22(26-7-4-5-8-27(26)28)17-31(37(46)47)42-36(45)35-29(38)18-23(19-30(35)39)43-51(3,48)25-14-12-24(13-15-25)44-21-40-20-41-44/h4-16,18-21,31H,3,17H2,1-2H3,(H,42,45)(H,43,48)(H,46,47)/t31-,51?/m0/s1. The van der Waals surface area contributed by atoms with Crippen molar-refractivity contribution in [3.8, 4) is 28.3 Å². The lowest BCUT2D eigenvalue weighted by Crippen LogP contribution is -2.43. The Kier molecular flexibility index (Phi) is 9.69. The van der Waals surface area contributed by atoms with Crippen molar-refractivity contribution in [1.82, 2.24) is 20.1 Å². The van der Waals surface area contributed by atoms with E-state index in [9.17, 15) is 18.9 Å². The highest BCUT2D eigenvalue weighted by molar-refractivity contribution is 8.01.